The largest absolute Gasteiger partial charge is 0.361 e. The molecular weight excluding hydrogens is 358 g/mol. The van der Waals surface area contributed by atoms with E-state index in [4.69, 9.17) is 0 Å². The fourth-order valence-corrected chi connectivity index (χ4v) is 3.61. The summed E-state index contributed by atoms with van der Waals surface area (Å²) >= 11 is 0. The van der Waals surface area contributed by atoms with Crippen molar-refractivity contribution in [3.63, 3.8) is 0 Å². The van der Waals surface area contributed by atoms with Crippen LogP contribution in [0.2, 0.25) is 0 Å². The van der Waals surface area contributed by atoms with E-state index in [1.165, 1.54) is 5.56 Å². The van der Waals surface area contributed by atoms with Crippen molar-refractivity contribution in [3.05, 3.63) is 77.7 Å². The monoisotopic (exact) mass is 381 g/mol. The second kappa shape index (κ2) is 7.78. The number of benzene rings is 2. The molecule has 4 aromatic rings. The molecule has 144 valence electrons. The standard InChI is InChI=1S/C24H23N5/c1-16-20-10-11-27-23(20)9-8-22(16)28-24-19(12-25)13-26-14-21(24)18-6-4-17(5-7-18)15-29(2)3/h4-11,13-14,27H,15H2,1-3H3,(H,26,28). The highest BCUT2D eigenvalue weighted by molar-refractivity contribution is 5.91. The Kier molecular flexibility index (Phi) is 5.03. The molecule has 0 bridgehead atoms. The number of nitrogens with zero attached hydrogens (tertiary/aromatic N) is 3. The summed E-state index contributed by atoms with van der Waals surface area (Å²) in [6.45, 7) is 2.97. The Labute approximate surface area is 170 Å². The van der Waals surface area contributed by atoms with Gasteiger partial charge < -0.3 is 15.2 Å². The number of anilines is 2. The smallest absolute Gasteiger partial charge is 0.103 e. The van der Waals surface area contributed by atoms with E-state index >= 15 is 0 Å². The first-order valence-corrected chi connectivity index (χ1v) is 9.52. The van der Waals surface area contributed by atoms with E-state index in [0.29, 0.717) is 5.56 Å². The fourth-order valence-electron chi connectivity index (χ4n) is 3.61. The first-order chi connectivity index (χ1) is 14.1. The maximum absolute atomic E-state index is 9.68. The van der Waals surface area contributed by atoms with Crippen molar-refractivity contribution in [3.8, 4) is 17.2 Å². The van der Waals surface area contributed by atoms with Gasteiger partial charge in [0.25, 0.3) is 0 Å². The van der Waals surface area contributed by atoms with Crippen molar-refractivity contribution in [2.75, 3.05) is 19.4 Å². The molecule has 5 heteroatoms. The Morgan fingerprint density at radius 2 is 1.86 bits per heavy atom. The zero-order chi connectivity index (χ0) is 20.4. The highest BCUT2D eigenvalue weighted by Gasteiger charge is 2.14. The van der Waals surface area contributed by atoms with Gasteiger partial charge in [-0.3, -0.25) is 4.98 Å². The van der Waals surface area contributed by atoms with Gasteiger partial charge in [-0.2, -0.15) is 5.26 Å². The zero-order valence-corrected chi connectivity index (χ0v) is 16.8. The van der Waals surface area contributed by atoms with Crippen LogP contribution in [0.25, 0.3) is 22.0 Å². The molecule has 5 nitrogen and oxygen atoms in total. The number of fused-ring (bicyclic) bond motifs is 1. The first-order valence-electron chi connectivity index (χ1n) is 9.52. The molecule has 2 heterocycles. The fraction of sp³-hybridized carbons (Fsp3) is 0.167. The van der Waals surface area contributed by atoms with Crippen LogP contribution in [-0.4, -0.2) is 29.0 Å². The van der Waals surface area contributed by atoms with E-state index in [0.717, 1.165) is 45.5 Å². The minimum absolute atomic E-state index is 0.522. The van der Waals surface area contributed by atoms with E-state index in [1.54, 1.807) is 6.20 Å². The lowest BCUT2D eigenvalue weighted by Gasteiger charge is -2.16. The highest BCUT2D eigenvalue weighted by Crippen LogP contribution is 2.35. The second-order valence-corrected chi connectivity index (χ2v) is 7.46. The van der Waals surface area contributed by atoms with Crippen molar-refractivity contribution >= 4 is 22.3 Å². The maximum atomic E-state index is 9.68. The average molecular weight is 381 g/mol. The van der Waals surface area contributed by atoms with Crippen molar-refractivity contribution < 1.29 is 0 Å². The van der Waals surface area contributed by atoms with E-state index < -0.39 is 0 Å². The molecule has 0 aliphatic heterocycles. The summed E-state index contributed by atoms with van der Waals surface area (Å²) in [5, 5.41) is 14.3. The maximum Gasteiger partial charge on any atom is 0.103 e. The van der Waals surface area contributed by atoms with Gasteiger partial charge in [0.1, 0.15) is 6.07 Å². The van der Waals surface area contributed by atoms with Gasteiger partial charge in [0, 0.05) is 47.3 Å². The lowest BCUT2D eigenvalue weighted by molar-refractivity contribution is 0.402. The third-order valence-electron chi connectivity index (χ3n) is 5.09. The first kappa shape index (κ1) is 18.7. The van der Waals surface area contributed by atoms with Crippen LogP contribution in [0.3, 0.4) is 0 Å². The molecule has 0 unspecified atom stereocenters. The van der Waals surface area contributed by atoms with Crippen molar-refractivity contribution in [2.24, 2.45) is 0 Å². The van der Waals surface area contributed by atoms with Crippen LogP contribution in [0.5, 0.6) is 0 Å². The SMILES string of the molecule is Cc1c(Nc2c(C#N)cncc2-c2ccc(CN(C)C)cc2)ccc2[nH]ccc12. The van der Waals surface area contributed by atoms with Gasteiger partial charge in [-0.1, -0.05) is 24.3 Å². The minimum atomic E-state index is 0.522. The molecule has 2 aromatic carbocycles. The number of aromatic amines is 1. The summed E-state index contributed by atoms with van der Waals surface area (Å²) < 4.78 is 0. The number of nitrogens with one attached hydrogen (secondary N) is 2. The molecule has 0 saturated carbocycles. The van der Waals surface area contributed by atoms with Crippen LogP contribution < -0.4 is 5.32 Å². The summed E-state index contributed by atoms with van der Waals surface area (Å²) in [6, 6.07) is 16.9. The Hall–Kier alpha value is -3.62. The number of rotatable bonds is 5. The third-order valence-corrected chi connectivity index (χ3v) is 5.09. The molecule has 0 spiro atoms. The van der Waals surface area contributed by atoms with Crippen LogP contribution in [0.1, 0.15) is 16.7 Å². The number of hydrogen-bond donors (Lipinski definition) is 2. The predicted molar refractivity (Wildman–Crippen MR) is 118 cm³/mol. The molecular formula is C24H23N5. The third kappa shape index (κ3) is 3.71. The van der Waals surface area contributed by atoms with Gasteiger partial charge in [-0.15, -0.1) is 0 Å². The molecule has 0 radical (unpaired) electrons. The lowest BCUT2D eigenvalue weighted by Crippen LogP contribution is -2.10. The second-order valence-electron chi connectivity index (χ2n) is 7.46. The van der Waals surface area contributed by atoms with Crippen molar-refractivity contribution in [1.82, 2.24) is 14.9 Å². The summed E-state index contributed by atoms with van der Waals surface area (Å²) in [5.41, 5.74) is 7.69. The van der Waals surface area contributed by atoms with E-state index in [-0.39, 0.29) is 0 Å². The normalized spacial score (nSPS) is 11.0. The van der Waals surface area contributed by atoms with Crippen LogP contribution in [0.4, 0.5) is 11.4 Å². The van der Waals surface area contributed by atoms with Gasteiger partial charge in [-0.05, 0) is 55.9 Å². The van der Waals surface area contributed by atoms with Gasteiger partial charge >= 0.3 is 0 Å². The van der Waals surface area contributed by atoms with Crippen LogP contribution in [0.15, 0.2) is 61.1 Å². The van der Waals surface area contributed by atoms with Crippen molar-refractivity contribution in [1.29, 1.82) is 5.26 Å². The number of aromatic nitrogens is 2. The van der Waals surface area contributed by atoms with E-state index in [2.05, 4.69) is 77.6 Å². The molecule has 29 heavy (non-hydrogen) atoms. The van der Waals surface area contributed by atoms with Gasteiger partial charge in [0.05, 0.1) is 11.3 Å². The molecule has 4 rings (SSSR count). The number of hydrogen-bond acceptors (Lipinski definition) is 4. The summed E-state index contributed by atoms with van der Waals surface area (Å²) in [4.78, 5) is 9.67. The molecule has 2 aromatic heterocycles. The molecule has 0 aliphatic carbocycles. The molecule has 0 amide bonds. The topological polar surface area (TPSA) is 67.7 Å². The number of nitriles is 1. The molecule has 0 fully saturated rings. The predicted octanol–water partition coefficient (Wildman–Crippen LogP) is 5.22. The van der Waals surface area contributed by atoms with Gasteiger partial charge in [0.2, 0.25) is 0 Å². The summed E-state index contributed by atoms with van der Waals surface area (Å²) in [6.07, 6.45) is 5.36. The molecule has 2 N–H and O–H groups in total. The molecule has 0 saturated heterocycles. The summed E-state index contributed by atoms with van der Waals surface area (Å²) in [7, 11) is 4.11. The Morgan fingerprint density at radius 1 is 1.07 bits per heavy atom. The number of aryl methyl sites for hydroxylation is 1. The zero-order valence-electron chi connectivity index (χ0n) is 16.8. The Morgan fingerprint density at radius 3 is 2.59 bits per heavy atom. The highest BCUT2D eigenvalue weighted by atomic mass is 15.0. The molecule has 0 aliphatic rings. The number of pyridine rings is 1. The Balaban J connectivity index is 1.77. The van der Waals surface area contributed by atoms with E-state index in [9.17, 15) is 5.26 Å². The quantitative estimate of drug-likeness (QED) is 0.498. The van der Waals surface area contributed by atoms with Crippen LogP contribution >= 0.6 is 0 Å². The van der Waals surface area contributed by atoms with Crippen molar-refractivity contribution in [2.45, 2.75) is 13.5 Å². The number of H-pyrrole nitrogens is 1. The van der Waals surface area contributed by atoms with Gasteiger partial charge in [0.15, 0.2) is 0 Å². The average Bonchev–Trinajstić information content (AvgIpc) is 3.20. The van der Waals surface area contributed by atoms with E-state index in [1.807, 2.05) is 24.5 Å². The summed E-state index contributed by atoms with van der Waals surface area (Å²) in [5.74, 6) is 0. The van der Waals surface area contributed by atoms with Crippen LogP contribution in [-0.2, 0) is 6.54 Å². The van der Waals surface area contributed by atoms with Crippen LogP contribution in [0, 0.1) is 18.3 Å². The lowest BCUT2D eigenvalue weighted by atomic mass is 10.0. The molecule has 0 atom stereocenters. The Bertz CT molecular complexity index is 1200. The minimum Gasteiger partial charge on any atom is -0.361 e. The van der Waals surface area contributed by atoms with Gasteiger partial charge in [-0.25, -0.2) is 0 Å².